The van der Waals surface area contributed by atoms with E-state index in [0.29, 0.717) is 11.3 Å². The molecule has 2 aromatic carbocycles. The molecule has 3 rings (SSSR count). The smallest absolute Gasteiger partial charge is 0.308 e. The van der Waals surface area contributed by atoms with E-state index in [0.717, 1.165) is 0 Å². The minimum Gasteiger partial charge on any atom is -0.423 e. The molecule has 0 saturated carbocycles. The molecular formula is C23H20N4O7S. The van der Waals surface area contributed by atoms with Crippen molar-refractivity contribution in [3.05, 3.63) is 72.6 Å². The van der Waals surface area contributed by atoms with Gasteiger partial charge in [-0.25, -0.2) is 23.1 Å². The number of nitrogens with zero attached hydrogens (tertiary/aromatic N) is 2. The number of anilines is 2. The molecule has 0 unspecified atom stereocenters. The number of carbonyl (C=O) groups excluding carboxylic acids is 3. The van der Waals surface area contributed by atoms with Gasteiger partial charge in [0.1, 0.15) is 0 Å². The summed E-state index contributed by atoms with van der Waals surface area (Å²) in [4.78, 5) is 42.4. The normalized spacial score (nSPS) is 11.0. The van der Waals surface area contributed by atoms with Crippen LogP contribution >= 0.6 is 0 Å². The number of benzene rings is 2. The second-order valence-corrected chi connectivity index (χ2v) is 8.60. The van der Waals surface area contributed by atoms with Crippen LogP contribution in [0.3, 0.4) is 0 Å². The molecule has 35 heavy (non-hydrogen) atoms. The number of amides is 1. The average molecular weight is 497 g/mol. The SMILES string of the molecule is CC(=O)Oc1ccc(/C=C/C(=O)Nc2ccc(S(=O)(=O)Nc3ncccn3)cc2)cc1OC(C)=O. The van der Waals surface area contributed by atoms with Gasteiger partial charge >= 0.3 is 11.9 Å². The summed E-state index contributed by atoms with van der Waals surface area (Å²) in [7, 11) is -3.90. The molecule has 0 atom stereocenters. The summed E-state index contributed by atoms with van der Waals surface area (Å²) in [5, 5.41) is 2.60. The predicted octanol–water partition coefficient (Wildman–Crippen LogP) is 2.78. The van der Waals surface area contributed by atoms with E-state index < -0.39 is 27.9 Å². The molecule has 0 aliphatic heterocycles. The molecule has 0 bridgehead atoms. The van der Waals surface area contributed by atoms with Gasteiger partial charge < -0.3 is 14.8 Å². The Morgan fingerprint density at radius 3 is 2.14 bits per heavy atom. The summed E-state index contributed by atoms with van der Waals surface area (Å²) < 4.78 is 37.2. The third kappa shape index (κ3) is 7.47. The molecule has 0 radical (unpaired) electrons. The molecule has 0 fully saturated rings. The summed E-state index contributed by atoms with van der Waals surface area (Å²) in [6.45, 7) is 2.42. The van der Waals surface area contributed by atoms with Crippen molar-refractivity contribution in [2.75, 3.05) is 10.0 Å². The largest absolute Gasteiger partial charge is 0.423 e. The molecule has 1 heterocycles. The molecule has 1 aromatic heterocycles. The highest BCUT2D eigenvalue weighted by Crippen LogP contribution is 2.29. The lowest BCUT2D eigenvalue weighted by Gasteiger charge is -2.09. The lowest BCUT2D eigenvalue weighted by atomic mass is 10.2. The number of hydrogen-bond donors (Lipinski definition) is 2. The Balaban J connectivity index is 1.66. The first-order valence-corrected chi connectivity index (χ1v) is 11.5. The van der Waals surface area contributed by atoms with Crippen molar-refractivity contribution in [3.8, 4) is 11.5 Å². The van der Waals surface area contributed by atoms with Crippen molar-refractivity contribution < 1.29 is 32.3 Å². The van der Waals surface area contributed by atoms with E-state index in [-0.39, 0.29) is 22.3 Å². The first-order valence-electron chi connectivity index (χ1n) is 10.0. The lowest BCUT2D eigenvalue weighted by Crippen LogP contribution is -2.15. The van der Waals surface area contributed by atoms with Crippen LogP contribution in [0, 0.1) is 0 Å². The Bertz CT molecular complexity index is 1370. The highest BCUT2D eigenvalue weighted by molar-refractivity contribution is 7.92. The Kier molecular flexibility index (Phi) is 7.89. The third-order valence-corrected chi connectivity index (χ3v) is 5.47. The Labute approximate surface area is 200 Å². The van der Waals surface area contributed by atoms with E-state index in [1.807, 2.05) is 0 Å². The van der Waals surface area contributed by atoms with Gasteiger partial charge in [-0.05, 0) is 54.1 Å². The number of rotatable bonds is 8. The number of aromatic nitrogens is 2. The van der Waals surface area contributed by atoms with Crippen molar-refractivity contribution >= 4 is 45.6 Å². The zero-order valence-corrected chi connectivity index (χ0v) is 19.4. The fraction of sp³-hybridized carbons (Fsp3) is 0.0870. The van der Waals surface area contributed by atoms with Crippen LogP contribution in [0.15, 0.2) is 71.9 Å². The monoisotopic (exact) mass is 496 g/mol. The van der Waals surface area contributed by atoms with E-state index in [1.165, 1.54) is 74.8 Å². The molecular weight excluding hydrogens is 476 g/mol. The first-order chi connectivity index (χ1) is 16.6. The fourth-order valence-electron chi connectivity index (χ4n) is 2.71. The highest BCUT2D eigenvalue weighted by Gasteiger charge is 2.15. The van der Waals surface area contributed by atoms with Crippen molar-refractivity contribution in [3.63, 3.8) is 0 Å². The Hall–Kier alpha value is -4.58. The maximum atomic E-state index is 12.4. The number of ether oxygens (including phenoxy) is 2. The first kappa shape index (κ1) is 25.1. The molecule has 3 aromatic rings. The van der Waals surface area contributed by atoms with E-state index in [4.69, 9.17) is 9.47 Å². The van der Waals surface area contributed by atoms with Gasteiger partial charge in [-0.2, -0.15) is 0 Å². The number of nitrogens with one attached hydrogen (secondary N) is 2. The van der Waals surface area contributed by atoms with Crippen molar-refractivity contribution in [1.29, 1.82) is 0 Å². The maximum absolute atomic E-state index is 12.4. The number of esters is 2. The maximum Gasteiger partial charge on any atom is 0.308 e. The Morgan fingerprint density at radius 1 is 0.886 bits per heavy atom. The molecule has 2 N–H and O–H groups in total. The lowest BCUT2D eigenvalue weighted by molar-refractivity contribution is -0.134. The predicted molar refractivity (Wildman–Crippen MR) is 126 cm³/mol. The van der Waals surface area contributed by atoms with E-state index in [2.05, 4.69) is 20.0 Å². The minimum absolute atomic E-state index is 0.0292. The summed E-state index contributed by atoms with van der Waals surface area (Å²) in [6.07, 6.45) is 5.50. The molecule has 180 valence electrons. The van der Waals surface area contributed by atoms with Crippen LogP contribution < -0.4 is 19.5 Å². The highest BCUT2D eigenvalue weighted by atomic mass is 32.2. The quantitative estimate of drug-likeness (QED) is 0.272. The van der Waals surface area contributed by atoms with Crippen LogP contribution in [0.2, 0.25) is 0 Å². The molecule has 0 spiro atoms. The van der Waals surface area contributed by atoms with Crippen LogP contribution in [0.4, 0.5) is 11.6 Å². The molecule has 1 amide bonds. The second kappa shape index (κ2) is 11.0. The fourth-order valence-corrected chi connectivity index (χ4v) is 3.66. The Morgan fingerprint density at radius 2 is 1.51 bits per heavy atom. The van der Waals surface area contributed by atoms with Gasteiger partial charge in [-0.15, -0.1) is 0 Å². The van der Waals surface area contributed by atoms with Gasteiger partial charge in [0.25, 0.3) is 10.0 Å². The van der Waals surface area contributed by atoms with Crippen LogP contribution in [-0.2, 0) is 24.4 Å². The third-order valence-electron chi connectivity index (χ3n) is 4.13. The summed E-state index contributed by atoms with van der Waals surface area (Å²) in [5.41, 5.74) is 0.864. The zero-order chi connectivity index (χ0) is 25.4. The molecule has 0 aliphatic carbocycles. The van der Waals surface area contributed by atoms with Gasteiger partial charge in [-0.3, -0.25) is 14.4 Å². The van der Waals surface area contributed by atoms with Gasteiger partial charge in [0.2, 0.25) is 11.9 Å². The molecule has 0 aliphatic rings. The molecule has 12 heteroatoms. The van der Waals surface area contributed by atoms with Crippen LogP contribution in [0.1, 0.15) is 19.4 Å². The van der Waals surface area contributed by atoms with E-state index >= 15 is 0 Å². The van der Waals surface area contributed by atoms with E-state index in [9.17, 15) is 22.8 Å². The van der Waals surface area contributed by atoms with Gasteiger partial charge in [0, 0.05) is 38.0 Å². The molecule has 11 nitrogen and oxygen atoms in total. The summed E-state index contributed by atoms with van der Waals surface area (Å²) in [6, 6.07) is 11.5. The van der Waals surface area contributed by atoms with E-state index in [1.54, 1.807) is 12.1 Å². The van der Waals surface area contributed by atoms with Crippen molar-refractivity contribution in [2.24, 2.45) is 0 Å². The topological polar surface area (TPSA) is 154 Å². The molecule has 0 saturated heterocycles. The number of sulfonamides is 1. The van der Waals surface area contributed by atoms with Crippen LogP contribution in [0.25, 0.3) is 6.08 Å². The number of carbonyl (C=O) groups is 3. The van der Waals surface area contributed by atoms with Gasteiger partial charge in [0.05, 0.1) is 4.90 Å². The summed E-state index contributed by atoms with van der Waals surface area (Å²) in [5.74, 6) is -1.64. The van der Waals surface area contributed by atoms with Crippen molar-refractivity contribution in [2.45, 2.75) is 18.7 Å². The van der Waals surface area contributed by atoms with Crippen molar-refractivity contribution in [1.82, 2.24) is 9.97 Å². The standard InChI is InChI=1S/C23H20N4O7S/c1-15(28)33-20-10-4-17(14-21(20)34-16(2)29)5-11-22(30)26-18-6-8-19(9-7-18)35(31,32)27-23-24-12-3-13-25-23/h3-14H,1-2H3,(H,26,30)(H,24,25,27)/b11-5+. The average Bonchev–Trinajstić information content (AvgIpc) is 2.79. The minimum atomic E-state index is -3.90. The number of hydrogen-bond acceptors (Lipinski definition) is 9. The van der Waals surface area contributed by atoms with Crippen LogP contribution in [-0.4, -0.2) is 36.2 Å². The van der Waals surface area contributed by atoms with Gasteiger partial charge in [-0.1, -0.05) is 6.07 Å². The summed E-state index contributed by atoms with van der Waals surface area (Å²) >= 11 is 0. The zero-order valence-electron chi connectivity index (χ0n) is 18.6. The van der Waals surface area contributed by atoms with Gasteiger partial charge in [0.15, 0.2) is 11.5 Å². The second-order valence-electron chi connectivity index (χ2n) is 6.92. The van der Waals surface area contributed by atoms with Crippen LogP contribution in [0.5, 0.6) is 11.5 Å².